The maximum atomic E-state index is 12.3. The summed E-state index contributed by atoms with van der Waals surface area (Å²) in [4.78, 5) is 24.5. The first-order chi connectivity index (χ1) is 13.5. The molecular formula is C23H28N2O3. The molecule has 2 N–H and O–H groups in total. The van der Waals surface area contributed by atoms with Gasteiger partial charge in [0, 0.05) is 17.3 Å². The van der Waals surface area contributed by atoms with Crippen LogP contribution in [0.1, 0.15) is 53.6 Å². The molecular weight excluding hydrogens is 352 g/mol. The zero-order chi connectivity index (χ0) is 19.9. The number of hydrogen-bond donors (Lipinski definition) is 2. The van der Waals surface area contributed by atoms with E-state index in [9.17, 15) is 9.59 Å². The Bertz CT molecular complexity index is 824. The Labute approximate surface area is 166 Å². The predicted octanol–water partition coefficient (Wildman–Crippen LogP) is 4.38. The fraction of sp³-hybridized carbons (Fsp3) is 0.391. The fourth-order valence-corrected chi connectivity index (χ4v) is 3.51. The minimum atomic E-state index is -0.217. The molecule has 0 heterocycles. The molecule has 1 fully saturated rings. The van der Waals surface area contributed by atoms with E-state index in [1.54, 1.807) is 24.3 Å². The van der Waals surface area contributed by atoms with E-state index in [-0.39, 0.29) is 24.5 Å². The number of benzene rings is 2. The van der Waals surface area contributed by atoms with Crippen molar-refractivity contribution in [2.45, 2.75) is 52.0 Å². The van der Waals surface area contributed by atoms with E-state index >= 15 is 0 Å². The molecule has 1 saturated carbocycles. The van der Waals surface area contributed by atoms with Gasteiger partial charge in [-0.25, -0.2) is 0 Å². The molecule has 5 nitrogen and oxygen atoms in total. The summed E-state index contributed by atoms with van der Waals surface area (Å²) in [5, 5.41) is 5.95. The lowest BCUT2D eigenvalue weighted by Gasteiger charge is -2.22. The van der Waals surface area contributed by atoms with Crippen LogP contribution < -0.4 is 15.4 Å². The number of anilines is 1. The van der Waals surface area contributed by atoms with Gasteiger partial charge in [0.25, 0.3) is 11.8 Å². The van der Waals surface area contributed by atoms with E-state index < -0.39 is 0 Å². The Kier molecular flexibility index (Phi) is 6.69. The summed E-state index contributed by atoms with van der Waals surface area (Å²) in [6.07, 6.45) is 5.74. The highest BCUT2D eigenvalue weighted by atomic mass is 16.5. The summed E-state index contributed by atoms with van der Waals surface area (Å²) < 4.78 is 5.54. The molecule has 3 rings (SSSR count). The summed E-state index contributed by atoms with van der Waals surface area (Å²) in [6.45, 7) is 3.89. The number of aryl methyl sites for hydroxylation is 2. The van der Waals surface area contributed by atoms with Crippen molar-refractivity contribution < 1.29 is 14.3 Å². The van der Waals surface area contributed by atoms with Crippen molar-refractivity contribution in [2.24, 2.45) is 0 Å². The van der Waals surface area contributed by atoms with Gasteiger partial charge in [-0.1, -0.05) is 37.0 Å². The molecule has 2 aromatic carbocycles. The molecule has 0 bridgehead atoms. The van der Waals surface area contributed by atoms with Crippen LogP contribution in [0.3, 0.4) is 0 Å². The normalized spacial score (nSPS) is 14.4. The molecule has 0 aromatic heterocycles. The molecule has 148 valence electrons. The van der Waals surface area contributed by atoms with Gasteiger partial charge in [-0.15, -0.1) is 0 Å². The van der Waals surface area contributed by atoms with Gasteiger partial charge in [-0.05, 0) is 62.6 Å². The van der Waals surface area contributed by atoms with Gasteiger partial charge in [-0.2, -0.15) is 0 Å². The van der Waals surface area contributed by atoms with Gasteiger partial charge < -0.3 is 15.4 Å². The van der Waals surface area contributed by atoms with Crippen molar-refractivity contribution >= 4 is 17.5 Å². The summed E-state index contributed by atoms with van der Waals surface area (Å²) in [6, 6.07) is 13.1. The van der Waals surface area contributed by atoms with Crippen LogP contribution in [0, 0.1) is 13.8 Å². The van der Waals surface area contributed by atoms with Crippen LogP contribution in [-0.2, 0) is 4.79 Å². The van der Waals surface area contributed by atoms with E-state index in [1.807, 2.05) is 32.0 Å². The van der Waals surface area contributed by atoms with Crippen molar-refractivity contribution in [1.29, 1.82) is 0 Å². The molecule has 0 aliphatic heterocycles. The third kappa shape index (κ3) is 5.59. The molecule has 1 aliphatic carbocycles. The number of carbonyl (C=O) groups is 2. The molecule has 0 radical (unpaired) electrons. The largest absolute Gasteiger partial charge is 0.484 e. The van der Waals surface area contributed by atoms with Crippen molar-refractivity contribution in [3.05, 3.63) is 59.2 Å². The smallest absolute Gasteiger partial charge is 0.262 e. The SMILES string of the molecule is Cc1ccc(NC(=O)COc2ccc(C(=O)NC3CCCCC3)cc2)c(C)c1. The Morgan fingerprint density at radius 2 is 1.71 bits per heavy atom. The van der Waals surface area contributed by atoms with E-state index in [0.29, 0.717) is 11.3 Å². The highest BCUT2D eigenvalue weighted by Crippen LogP contribution is 2.19. The van der Waals surface area contributed by atoms with Crippen molar-refractivity contribution in [2.75, 3.05) is 11.9 Å². The standard InChI is InChI=1S/C23H28N2O3/c1-16-8-13-21(17(2)14-16)25-22(26)15-28-20-11-9-18(10-12-20)23(27)24-19-6-4-3-5-7-19/h8-14,19H,3-7,15H2,1-2H3,(H,24,27)(H,25,26). The topological polar surface area (TPSA) is 67.4 Å². The predicted molar refractivity (Wildman–Crippen MR) is 111 cm³/mol. The second-order valence-electron chi connectivity index (χ2n) is 7.49. The molecule has 5 heteroatoms. The van der Waals surface area contributed by atoms with Crippen LogP contribution >= 0.6 is 0 Å². The van der Waals surface area contributed by atoms with E-state index in [0.717, 1.165) is 29.7 Å². The first-order valence-electron chi connectivity index (χ1n) is 9.92. The van der Waals surface area contributed by atoms with Crippen molar-refractivity contribution in [1.82, 2.24) is 5.32 Å². The second-order valence-corrected chi connectivity index (χ2v) is 7.49. The van der Waals surface area contributed by atoms with Crippen LogP contribution in [0.4, 0.5) is 5.69 Å². The molecule has 1 aliphatic rings. The minimum absolute atomic E-state index is 0.0500. The van der Waals surface area contributed by atoms with Crippen LogP contribution in [0.2, 0.25) is 0 Å². The van der Waals surface area contributed by atoms with Crippen LogP contribution in [0.15, 0.2) is 42.5 Å². The van der Waals surface area contributed by atoms with Gasteiger partial charge in [-0.3, -0.25) is 9.59 Å². The number of hydrogen-bond acceptors (Lipinski definition) is 3. The number of carbonyl (C=O) groups excluding carboxylic acids is 2. The molecule has 0 atom stereocenters. The maximum Gasteiger partial charge on any atom is 0.262 e. The number of ether oxygens (including phenoxy) is 1. The first-order valence-corrected chi connectivity index (χ1v) is 9.92. The molecule has 2 amide bonds. The first kappa shape index (κ1) is 19.9. The lowest BCUT2D eigenvalue weighted by atomic mass is 9.95. The summed E-state index contributed by atoms with van der Waals surface area (Å²) in [5.41, 5.74) is 3.56. The average Bonchev–Trinajstić information content (AvgIpc) is 2.70. The number of amides is 2. The summed E-state index contributed by atoms with van der Waals surface area (Å²) >= 11 is 0. The minimum Gasteiger partial charge on any atom is -0.484 e. The molecule has 0 spiro atoms. The second kappa shape index (κ2) is 9.40. The quantitative estimate of drug-likeness (QED) is 0.781. The zero-order valence-electron chi connectivity index (χ0n) is 16.6. The van der Waals surface area contributed by atoms with E-state index in [4.69, 9.17) is 4.74 Å². The van der Waals surface area contributed by atoms with Crippen molar-refractivity contribution in [3.8, 4) is 5.75 Å². The third-order valence-corrected chi connectivity index (χ3v) is 5.08. The third-order valence-electron chi connectivity index (χ3n) is 5.08. The Hall–Kier alpha value is -2.82. The zero-order valence-corrected chi connectivity index (χ0v) is 16.6. The lowest BCUT2D eigenvalue weighted by molar-refractivity contribution is -0.118. The number of rotatable bonds is 6. The molecule has 0 saturated heterocycles. The van der Waals surface area contributed by atoms with Gasteiger partial charge in [0.15, 0.2) is 6.61 Å². The van der Waals surface area contributed by atoms with E-state index in [2.05, 4.69) is 10.6 Å². The van der Waals surface area contributed by atoms with Crippen LogP contribution in [0.5, 0.6) is 5.75 Å². The van der Waals surface area contributed by atoms with Gasteiger partial charge in [0.05, 0.1) is 0 Å². The number of nitrogens with one attached hydrogen (secondary N) is 2. The highest BCUT2D eigenvalue weighted by Gasteiger charge is 2.16. The van der Waals surface area contributed by atoms with Gasteiger partial charge >= 0.3 is 0 Å². The Balaban J connectivity index is 1.48. The molecule has 28 heavy (non-hydrogen) atoms. The van der Waals surface area contributed by atoms with E-state index in [1.165, 1.54) is 19.3 Å². The van der Waals surface area contributed by atoms with Gasteiger partial charge in [0.2, 0.25) is 0 Å². The molecule has 2 aromatic rings. The highest BCUT2D eigenvalue weighted by molar-refractivity contribution is 5.94. The summed E-state index contributed by atoms with van der Waals surface area (Å²) in [7, 11) is 0. The molecule has 0 unspecified atom stereocenters. The monoisotopic (exact) mass is 380 g/mol. The fourth-order valence-electron chi connectivity index (χ4n) is 3.51. The van der Waals surface area contributed by atoms with Crippen LogP contribution in [0.25, 0.3) is 0 Å². The van der Waals surface area contributed by atoms with Crippen molar-refractivity contribution in [3.63, 3.8) is 0 Å². The maximum absolute atomic E-state index is 12.3. The average molecular weight is 380 g/mol. The lowest BCUT2D eigenvalue weighted by Crippen LogP contribution is -2.36. The Morgan fingerprint density at radius 3 is 2.39 bits per heavy atom. The van der Waals surface area contributed by atoms with Gasteiger partial charge in [0.1, 0.15) is 5.75 Å². The summed E-state index contributed by atoms with van der Waals surface area (Å²) in [5.74, 6) is 0.294. The van der Waals surface area contributed by atoms with Crippen LogP contribution in [-0.4, -0.2) is 24.5 Å². The Morgan fingerprint density at radius 1 is 1.00 bits per heavy atom.